The van der Waals surface area contributed by atoms with Gasteiger partial charge in [-0.3, -0.25) is 4.79 Å². The molecule has 0 aliphatic carbocycles. The van der Waals surface area contributed by atoms with Gasteiger partial charge >= 0.3 is 0 Å². The molecule has 0 spiro atoms. The molecule has 254 valence electrons. The number of ether oxygens (including phenoxy) is 4. The summed E-state index contributed by atoms with van der Waals surface area (Å²) in [5.74, 6) is 4.06. The van der Waals surface area contributed by atoms with E-state index in [0.717, 1.165) is 12.8 Å². The number of nitrogens with zero attached hydrogens (tertiary/aromatic N) is 9. The van der Waals surface area contributed by atoms with Gasteiger partial charge in [0.1, 0.15) is 12.6 Å². The molecule has 17 heteroatoms. The molecule has 1 amide bonds. The van der Waals surface area contributed by atoms with E-state index in [4.69, 9.17) is 46.8 Å². The molecular weight excluding hydrogens is 596 g/mol. The van der Waals surface area contributed by atoms with Crippen LogP contribution in [0.25, 0.3) is 0 Å². The fourth-order valence-corrected chi connectivity index (χ4v) is 5.03. The van der Waals surface area contributed by atoms with Crippen LogP contribution < -0.4 is 26.6 Å². The van der Waals surface area contributed by atoms with Crippen molar-refractivity contribution in [2.24, 2.45) is 11.5 Å². The van der Waals surface area contributed by atoms with Gasteiger partial charge < -0.3 is 50.4 Å². The second-order valence-electron chi connectivity index (χ2n) is 10.8. The standard InChI is InChI=1S/C29H48N12O5/c1-2-14-43-18-20-46-21-19-44-15-7-32-27-33-28(35-29(34-27)40-12-16-45-17-13-40)39-10-8-38(9-11-39)26(42)25(5-3-4-6-30)41-23-24(22-31)36-37-41/h1,23,25H,3-22,30-31H2,(H,32,33,34,35)/t25-/m0/s1. The van der Waals surface area contributed by atoms with Crippen LogP contribution in [-0.4, -0.2) is 146 Å². The number of unbranched alkanes of at least 4 members (excludes halogenated alkanes) is 1. The van der Waals surface area contributed by atoms with E-state index in [9.17, 15) is 4.79 Å². The van der Waals surface area contributed by atoms with Crippen molar-refractivity contribution in [3.05, 3.63) is 11.9 Å². The van der Waals surface area contributed by atoms with Crippen molar-refractivity contribution in [1.82, 2.24) is 34.8 Å². The van der Waals surface area contributed by atoms with Crippen LogP contribution in [-0.2, 0) is 30.3 Å². The van der Waals surface area contributed by atoms with E-state index >= 15 is 0 Å². The summed E-state index contributed by atoms with van der Waals surface area (Å²) >= 11 is 0. The first kappa shape index (κ1) is 35.2. The maximum Gasteiger partial charge on any atom is 0.247 e. The first-order chi connectivity index (χ1) is 22.6. The summed E-state index contributed by atoms with van der Waals surface area (Å²) in [7, 11) is 0. The van der Waals surface area contributed by atoms with Crippen LogP contribution in [0.15, 0.2) is 6.20 Å². The Hall–Kier alpha value is -3.66. The minimum Gasteiger partial charge on any atom is -0.378 e. The number of aromatic nitrogens is 6. The Kier molecular flexibility index (Phi) is 15.1. The molecule has 0 radical (unpaired) electrons. The second-order valence-corrected chi connectivity index (χ2v) is 10.8. The number of rotatable bonds is 20. The zero-order valence-electron chi connectivity index (χ0n) is 26.6. The fourth-order valence-electron chi connectivity index (χ4n) is 5.03. The third-order valence-corrected chi connectivity index (χ3v) is 7.54. The van der Waals surface area contributed by atoms with Gasteiger partial charge in [-0.2, -0.15) is 15.0 Å². The quantitative estimate of drug-likeness (QED) is 0.116. The van der Waals surface area contributed by atoms with E-state index in [1.165, 1.54) is 0 Å². The van der Waals surface area contributed by atoms with Gasteiger partial charge in [0.15, 0.2) is 0 Å². The van der Waals surface area contributed by atoms with E-state index in [1.807, 2.05) is 4.90 Å². The number of amides is 1. The maximum absolute atomic E-state index is 13.7. The molecular formula is C29H48N12O5. The lowest BCUT2D eigenvalue weighted by molar-refractivity contribution is -0.135. The van der Waals surface area contributed by atoms with Gasteiger partial charge in [0, 0.05) is 52.4 Å². The lowest BCUT2D eigenvalue weighted by atomic mass is 10.1. The number of hydrogen-bond donors (Lipinski definition) is 3. The molecule has 2 aromatic heterocycles. The van der Waals surface area contributed by atoms with Crippen LogP contribution >= 0.6 is 0 Å². The summed E-state index contributed by atoms with van der Waals surface area (Å²) in [6, 6.07) is -0.450. The van der Waals surface area contributed by atoms with Crippen LogP contribution in [0.3, 0.4) is 0 Å². The molecule has 2 aliphatic rings. The summed E-state index contributed by atoms with van der Waals surface area (Å²) in [6.45, 7) is 8.77. The third kappa shape index (κ3) is 11.0. The average Bonchev–Trinajstić information content (AvgIpc) is 3.58. The molecule has 5 N–H and O–H groups in total. The first-order valence-corrected chi connectivity index (χ1v) is 16.0. The van der Waals surface area contributed by atoms with Gasteiger partial charge in [-0.05, 0) is 25.8 Å². The van der Waals surface area contributed by atoms with Crippen LogP contribution in [0.2, 0.25) is 0 Å². The Morgan fingerprint density at radius 3 is 2.26 bits per heavy atom. The Bertz CT molecular complexity index is 1210. The van der Waals surface area contributed by atoms with E-state index in [0.29, 0.717) is 129 Å². The Labute approximate surface area is 270 Å². The maximum atomic E-state index is 13.7. The molecule has 2 saturated heterocycles. The van der Waals surface area contributed by atoms with E-state index in [2.05, 4.69) is 36.3 Å². The summed E-state index contributed by atoms with van der Waals surface area (Å²) < 4.78 is 23.5. The van der Waals surface area contributed by atoms with Crippen molar-refractivity contribution < 1.29 is 23.7 Å². The Balaban J connectivity index is 1.32. The summed E-state index contributed by atoms with van der Waals surface area (Å²) in [5.41, 5.74) is 12.1. The lowest BCUT2D eigenvalue weighted by Gasteiger charge is -2.36. The van der Waals surface area contributed by atoms with Gasteiger partial charge in [0.2, 0.25) is 23.8 Å². The highest BCUT2D eigenvalue weighted by molar-refractivity contribution is 5.80. The van der Waals surface area contributed by atoms with E-state index < -0.39 is 6.04 Å². The molecule has 2 aromatic rings. The van der Waals surface area contributed by atoms with Crippen molar-refractivity contribution in [2.75, 3.05) is 120 Å². The van der Waals surface area contributed by atoms with Crippen molar-refractivity contribution >= 4 is 23.8 Å². The van der Waals surface area contributed by atoms with Crippen molar-refractivity contribution in [2.45, 2.75) is 31.8 Å². The molecule has 17 nitrogen and oxygen atoms in total. The highest BCUT2D eigenvalue weighted by Crippen LogP contribution is 2.22. The Morgan fingerprint density at radius 1 is 0.935 bits per heavy atom. The molecule has 2 fully saturated rings. The zero-order chi connectivity index (χ0) is 32.4. The number of nitrogens with one attached hydrogen (secondary N) is 1. The minimum atomic E-state index is -0.450. The van der Waals surface area contributed by atoms with Gasteiger partial charge in [-0.25, -0.2) is 4.68 Å². The molecule has 0 bridgehead atoms. The third-order valence-electron chi connectivity index (χ3n) is 7.54. The molecule has 0 saturated carbocycles. The monoisotopic (exact) mass is 644 g/mol. The van der Waals surface area contributed by atoms with Gasteiger partial charge in [-0.1, -0.05) is 11.1 Å². The zero-order valence-corrected chi connectivity index (χ0v) is 26.6. The van der Waals surface area contributed by atoms with Crippen LogP contribution in [0, 0.1) is 12.3 Å². The molecule has 2 aliphatic heterocycles. The highest BCUT2D eigenvalue weighted by atomic mass is 16.5. The Morgan fingerprint density at radius 2 is 1.61 bits per heavy atom. The van der Waals surface area contributed by atoms with Gasteiger partial charge in [0.25, 0.3) is 0 Å². The predicted octanol–water partition coefficient (Wildman–Crippen LogP) is -1.13. The van der Waals surface area contributed by atoms with E-state index in [1.54, 1.807) is 10.9 Å². The normalized spacial score (nSPS) is 16.0. The van der Waals surface area contributed by atoms with Gasteiger partial charge in [0.05, 0.1) is 58.1 Å². The van der Waals surface area contributed by atoms with Gasteiger partial charge in [-0.15, -0.1) is 11.5 Å². The number of carbonyl (C=O) groups excluding carboxylic acids is 1. The predicted molar refractivity (Wildman–Crippen MR) is 171 cm³/mol. The molecule has 0 aromatic carbocycles. The second kappa shape index (κ2) is 19.8. The molecule has 1 atom stereocenters. The number of carbonyl (C=O) groups is 1. The minimum absolute atomic E-state index is 0.0137. The number of anilines is 3. The topological polar surface area (TPSA) is 197 Å². The lowest BCUT2D eigenvalue weighted by Crippen LogP contribution is -2.51. The molecule has 0 unspecified atom stereocenters. The van der Waals surface area contributed by atoms with Crippen molar-refractivity contribution in [3.8, 4) is 12.3 Å². The number of piperazine rings is 1. The van der Waals surface area contributed by atoms with Crippen LogP contribution in [0.1, 0.15) is 31.0 Å². The number of hydrogen-bond acceptors (Lipinski definition) is 15. The smallest absolute Gasteiger partial charge is 0.247 e. The molecule has 4 heterocycles. The first-order valence-electron chi connectivity index (χ1n) is 16.0. The summed E-state index contributed by atoms with van der Waals surface area (Å²) in [4.78, 5) is 34.0. The molecule has 46 heavy (non-hydrogen) atoms. The largest absolute Gasteiger partial charge is 0.378 e. The van der Waals surface area contributed by atoms with Crippen molar-refractivity contribution in [1.29, 1.82) is 0 Å². The number of morpholine rings is 1. The molecule has 4 rings (SSSR count). The number of nitrogens with two attached hydrogens (primary N) is 2. The van der Waals surface area contributed by atoms with Crippen molar-refractivity contribution in [3.63, 3.8) is 0 Å². The van der Waals surface area contributed by atoms with Crippen LogP contribution in [0.5, 0.6) is 0 Å². The summed E-state index contributed by atoms with van der Waals surface area (Å²) in [6.07, 6.45) is 9.19. The van der Waals surface area contributed by atoms with Crippen LogP contribution in [0.4, 0.5) is 17.8 Å². The highest BCUT2D eigenvalue weighted by Gasteiger charge is 2.30. The average molecular weight is 645 g/mol. The fraction of sp³-hybridized carbons (Fsp3) is 0.724. The SMILES string of the molecule is C#CCOCCOCCOCCNc1nc(N2CCOCC2)nc(N2CCN(C(=O)[C@H](CCCCN)n3cc(CN)nn3)CC2)n1. The van der Waals surface area contributed by atoms with E-state index in [-0.39, 0.29) is 19.1 Å². The number of terminal acetylenes is 1. The summed E-state index contributed by atoms with van der Waals surface area (Å²) in [5, 5.41) is 11.6.